The number of benzene rings is 2. The minimum Gasteiger partial charge on any atom is -0.325 e. The molecule has 2 aromatic rings. The maximum absolute atomic E-state index is 13.7. The highest BCUT2D eigenvalue weighted by Gasteiger charge is 2.36. The summed E-state index contributed by atoms with van der Waals surface area (Å²) in [6, 6.07) is 10.4. The third kappa shape index (κ3) is 3.60. The van der Waals surface area contributed by atoms with Crippen LogP contribution >= 0.6 is 0 Å². The lowest BCUT2D eigenvalue weighted by molar-refractivity contribution is -0.117. The summed E-state index contributed by atoms with van der Waals surface area (Å²) >= 11 is 0. The van der Waals surface area contributed by atoms with Crippen molar-refractivity contribution in [2.24, 2.45) is 10.9 Å². The van der Waals surface area contributed by atoms with Crippen LogP contribution in [0.3, 0.4) is 0 Å². The lowest BCUT2D eigenvalue weighted by Crippen LogP contribution is -2.47. The molecule has 1 amide bonds. The summed E-state index contributed by atoms with van der Waals surface area (Å²) in [5.74, 6) is -0.788. The molecule has 0 aromatic heterocycles. The van der Waals surface area contributed by atoms with Crippen molar-refractivity contribution >= 4 is 28.8 Å². The zero-order chi connectivity index (χ0) is 19.8. The van der Waals surface area contributed by atoms with Crippen molar-refractivity contribution in [2.45, 2.75) is 20.3 Å². The predicted molar refractivity (Wildman–Crippen MR) is 107 cm³/mol. The molecule has 2 heterocycles. The molecular formula is C22H22FN3O2. The maximum Gasteiger partial charge on any atom is 0.238 e. The number of Topliss-reactive ketones (excluding diaryl/α,β-unsaturated/α-hetero) is 1. The smallest absolute Gasteiger partial charge is 0.238 e. The topological polar surface area (TPSA) is 61.8 Å². The maximum atomic E-state index is 13.7. The molecule has 1 saturated heterocycles. The number of amides is 1. The molecule has 6 heteroatoms. The molecular weight excluding hydrogens is 357 g/mol. The quantitative estimate of drug-likeness (QED) is 0.885. The highest BCUT2D eigenvalue weighted by Crippen LogP contribution is 2.32. The molecule has 2 aliphatic rings. The summed E-state index contributed by atoms with van der Waals surface area (Å²) in [6.07, 6.45) is 0.663. The van der Waals surface area contributed by atoms with Gasteiger partial charge in [-0.1, -0.05) is 17.7 Å². The van der Waals surface area contributed by atoms with E-state index in [2.05, 4.69) is 10.3 Å². The van der Waals surface area contributed by atoms with Gasteiger partial charge in [0.2, 0.25) is 5.91 Å². The van der Waals surface area contributed by atoms with Gasteiger partial charge in [0.15, 0.2) is 5.78 Å². The number of ketones is 1. The lowest BCUT2D eigenvalue weighted by atomic mass is 9.84. The average molecular weight is 379 g/mol. The number of hydrogen-bond donors (Lipinski definition) is 1. The molecule has 28 heavy (non-hydrogen) atoms. The number of carbonyl (C=O) groups is 2. The first-order valence-corrected chi connectivity index (χ1v) is 9.41. The van der Waals surface area contributed by atoms with Crippen LogP contribution in [0.1, 0.15) is 27.9 Å². The lowest BCUT2D eigenvalue weighted by Gasteiger charge is -2.34. The van der Waals surface area contributed by atoms with E-state index >= 15 is 0 Å². The monoisotopic (exact) mass is 379 g/mol. The van der Waals surface area contributed by atoms with E-state index in [9.17, 15) is 14.0 Å². The van der Waals surface area contributed by atoms with Gasteiger partial charge in [0.1, 0.15) is 5.82 Å². The minimum absolute atomic E-state index is 0.0782. The number of anilines is 1. The number of aryl methyl sites for hydroxylation is 2. The van der Waals surface area contributed by atoms with Gasteiger partial charge in [-0.25, -0.2) is 4.39 Å². The second kappa shape index (κ2) is 7.28. The number of nitrogens with zero attached hydrogens (tertiary/aromatic N) is 2. The number of piperidine rings is 1. The van der Waals surface area contributed by atoms with Crippen LogP contribution in [0.25, 0.3) is 0 Å². The molecule has 0 aliphatic carbocycles. The van der Waals surface area contributed by atoms with Crippen molar-refractivity contribution in [3.8, 4) is 0 Å². The Balaban J connectivity index is 1.43. The van der Waals surface area contributed by atoms with Crippen molar-refractivity contribution in [3.05, 3.63) is 58.9 Å². The number of nitrogens with one attached hydrogen (secondary N) is 1. The van der Waals surface area contributed by atoms with Crippen LogP contribution in [0.5, 0.6) is 0 Å². The van der Waals surface area contributed by atoms with Gasteiger partial charge >= 0.3 is 0 Å². The van der Waals surface area contributed by atoms with Crippen LogP contribution in [0.4, 0.5) is 15.8 Å². The van der Waals surface area contributed by atoms with Crippen LogP contribution in [-0.2, 0) is 4.79 Å². The first-order valence-electron chi connectivity index (χ1n) is 9.41. The fourth-order valence-corrected chi connectivity index (χ4v) is 3.77. The van der Waals surface area contributed by atoms with Crippen molar-refractivity contribution in [3.63, 3.8) is 0 Å². The van der Waals surface area contributed by atoms with Crippen LogP contribution in [0, 0.1) is 25.6 Å². The van der Waals surface area contributed by atoms with Gasteiger partial charge in [-0.3, -0.25) is 19.5 Å². The molecule has 144 valence electrons. The summed E-state index contributed by atoms with van der Waals surface area (Å²) < 4.78 is 13.7. The normalized spacial score (nSPS) is 18.9. The van der Waals surface area contributed by atoms with Gasteiger partial charge in [0, 0.05) is 30.1 Å². The fourth-order valence-electron chi connectivity index (χ4n) is 3.77. The third-order valence-corrected chi connectivity index (χ3v) is 5.35. The Morgan fingerprint density at radius 2 is 2.07 bits per heavy atom. The molecule has 2 aliphatic heterocycles. The fraction of sp³-hybridized carbons (Fsp3) is 0.318. The van der Waals surface area contributed by atoms with Crippen molar-refractivity contribution in [1.82, 2.24) is 4.90 Å². The number of fused-ring (bicyclic) bond motifs is 2. The molecule has 2 aromatic carbocycles. The third-order valence-electron chi connectivity index (χ3n) is 5.35. The molecule has 0 saturated carbocycles. The van der Waals surface area contributed by atoms with E-state index in [4.69, 9.17) is 0 Å². The van der Waals surface area contributed by atoms with Gasteiger partial charge in [-0.05, 0) is 50.1 Å². The first kappa shape index (κ1) is 18.5. The molecule has 0 spiro atoms. The number of halogens is 1. The van der Waals surface area contributed by atoms with E-state index in [1.807, 2.05) is 30.0 Å². The Morgan fingerprint density at radius 1 is 1.25 bits per heavy atom. The van der Waals surface area contributed by atoms with Crippen molar-refractivity contribution < 1.29 is 14.0 Å². The molecule has 0 bridgehead atoms. The van der Waals surface area contributed by atoms with E-state index < -0.39 is 0 Å². The molecule has 1 unspecified atom stereocenters. The summed E-state index contributed by atoms with van der Waals surface area (Å²) in [5, 5.41) is 2.73. The molecule has 5 nitrogen and oxygen atoms in total. The van der Waals surface area contributed by atoms with Crippen LogP contribution in [-0.4, -0.2) is 41.9 Å². The first-order chi connectivity index (χ1) is 13.4. The second-order valence-electron chi connectivity index (χ2n) is 7.54. The largest absolute Gasteiger partial charge is 0.325 e. The highest BCUT2D eigenvalue weighted by atomic mass is 19.1. The Hall–Kier alpha value is -2.86. The summed E-state index contributed by atoms with van der Waals surface area (Å²) in [6.45, 7) is 4.93. The summed E-state index contributed by atoms with van der Waals surface area (Å²) in [7, 11) is 0. The Kier molecular flexibility index (Phi) is 4.81. The predicted octanol–water partition coefficient (Wildman–Crippen LogP) is 3.67. The van der Waals surface area contributed by atoms with Crippen LogP contribution < -0.4 is 5.32 Å². The Labute approximate surface area is 163 Å². The molecule has 4 rings (SSSR count). The van der Waals surface area contributed by atoms with E-state index in [0.29, 0.717) is 36.3 Å². The molecule has 0 radical (unpaired) electrons. The van der Waals surface area contributed by atoms with Gasteiger partial charge < -0.3 is 5.32 Å². The minimum atomic E-state index is -0.349. The van der Waals surface area contributed by atoms with Gasteiger partial charge in [0.05, 0.1) is 18.2 Å². The second-order valence-corrected chi connectivity index (χ2v) is 7.54. The number of likely N-dealkylation sites (tertiary alicyclic amines) is 1. The van der Waals surface area contributed by atoms with E-state index in [1.165, 1.54) is 6.07 Å². The Bertz CT molecular complexity index is 999. The number of rotatable bonds is 3. The van der Waals surface area contributed by atoms with E-state index in [0.717, 1.165) is 17.0 Å². The van der Waals surface area contributed by atoms with Crippen molar-refractivity contribution in [2.75, 3.05) is 25.0 Å². The van der Waals surface area contributed by atoms with E-state index in [-0.39, 0.29) is 30.0 Å². The standard InChI is InChI=1S/C22H22FN3O2/c1-13-3-6-19-16(9-13)22(28)17-11-26(8-7-20(17)25-19)12-21(27)24-15-5-4-14(2)18(23)10-15/h3-6,9-10,17H,7-8,11-12H2,1-2H3,(H,24,27). The van der Waals surface area contributed by atoms with E-state index in [1.54, 1.807) is 19.1 Å². The summed E-state index contributed by atoms with van der Waals surface area (Å²) in [4.78, 5) is 32.0. The zero-order valence-electron chi connectivity index (χ0n) is 16.0. The number of carbonyl (C=O) groups excluding carboxylic acids is 2. The van der Waals surface area contributed by atoms with Gasteiger partial charge in [-0.2, -0.15) is 0 Å². The van der Waals surface area contributed by atoms with Crippen molar-refractivity contribution in [1.29, 1.82) is 0 Å². The van der Waals surface area contributed by atoms with Crippen LogP contribution in [0.2, 0.25) is 0 Å². The molecule has 1 N–H and O–H groups in total. The van der Waals surface area contributed by atoms with Crippen LogP contribution in [0.15, 0.2) is 41.4 Å². The molecule has 1 atom stereocenters. The summed E-state index contributed by atoms with van der Waals surface area (Å²) in [5.41, 5.74) is 4.31. The highest BCUT2D eigenvalue weighted by molar-refractivity contribution is 6.18. The van der Waals surface area contributed by atoms with Gasteiger partial charge in [0.25, 0.3) is 0 Å². The number of hydrogen-bond acceptors (Lipinski definition) is 4. The molecule has 1 fully saturated rings. The zero-order valence-corrected chi connectivity index (χ0v) is 16.0. The van der Waals surface area contributed by atoms with Gasteiger partial charge in [-0.15, -0.1) is 0 Å². The average Bonchev–Trinajstić information content (AvgIpc) is 2.66. The Morgan fingerprint density at radius 3 is 2.86 bits per heavy atom. The SMILES string of the molecule is Cc1ccc2c(c1)C(=O)C1CN(CC(=O)Nc3ccc(C)c(F)c3)CCC1=N2. The number of aliphatic imine (C=N–C) groups is 1.